The molecule has 2 heterocycles. The van der Waals surface area contributed by atoms with Gasteiger partial charge in [0.1, 0.15) is 0 Å². The minimum absolute atomic E-state index is 0.139. The number of hydrogen-bond donors (Lipinski definition) is 1. The first-order valence-corrected chi connectivity index (χ1v) is 7.49. The molecule has 0 aromatic heterocycles. The number of amides is 1. The van der Waals surface area contributed by atoms with Crippen LogP contribution in [0.2, 0.25) is 0 Å². The Bertz CT molecular complexity index is 506. The molecule has 4 nitrogen and oxygen atoms in total. The molecule has 1 aromatic rings. The van der Waals surface area contributed by atoms with Gasteiger partial charge in [-0.1, -0.05) is 6.07 Å². The van der Waals surface area contributed by atoms with Crippen molar-refractivity contribution in [1.82, 2.24) is 4.90 Å². The van der Waals surface area contributed by atoms with Gasteiger partial charge in [0.15, 0.2) is 0 Å². The van der Waals surface area contributed by atoms with Crippen molar-refractivity contribution >= 4 is 17.3 Å². The smallest absolute Gasteiger partial charge is 0.223 e. The lowest BCUT2D eigenvalue weighted by Crippen LogP contribution is -2.36. The van der Waals surface area contributed by atoms with E-state index in [-0.39, 0.29) is 5.91 Å². The third kappa shape index (κ3) is 2.66. The number of piperidine rings is 1. The Kier molecular flexibility index (Phi) is 3.66. The molecule has 0 aliphatic carbocycles. The zero-order chi connectivity index (χ0) is 14.1. The molecule has 4 heteroatoms. The maximum absolute atomic E-state index is 11.6. The Hall–Kier alpha value is -1.55. The first-order chi connectivity index (χ1) is 9.63. The van der Waals surface area contributed by atoms with Crippen LogP contribution in [0.1, 0.15) is 25.3 Å². The van der Waals surface area contributed by atoms with Crippen LogP contribution in [-0.2, 0) is 11.2 Å². The first kappa shape index (κ1) is 13.4. The van der Waals surface area contributed by atoms with E-state index in [9.17, 15) is 4.79 Å². The molecular weight excluding hydrogens is 250 g/mol. The summed E-state index contributed by atoms with van der Waals surface area (Å²) >= 11 is 0. The van der Waals surface area contributed by atoms with E-state index in [1.165, 1.54) is 18.4 Å². The number of nitrogens with zero attached hydrogens (tertiary/aromatic N) is 2. The number of benzene rings is 1. The number of carbonyl (C=O) groups is 1. The van der Waals surface area contributed by atoms with Crippen LogP contribution in [0.5, 0.6) is 0 Å². The molecule has 1 saturated heterocycles. The quantitative estimate of drug-likeness (QED) is 0.896. The molecule has 0 spiro atoms. The molecule has 2 aliphatic rings. The van der Waals surface area contributed by atoms with E-state index in [2.05, 4.69) is 35.5 Å². The van der Waals surface area contributed by atoms with E-state index < -0.39 is 0 Å². The van der Waals surface area contributed by atoms with Crippen molar-refractivity contribution in [3.05, 3.63) is 23.8 Å². The summed E-state index contributed by atoms with van der Waals surface area (Å²) in [5.41, 5.74) is 3.52. The van der Waals surface area contributed by atoms with Gasteiger partial charge in [-0.25, -0.2) is 0 Å². The molecule has 0 unspecified atom stereocenters. The van der Waals surface area contributed by atoms with E-state index in [1.54, 1.807) is 6.92 Å². The number of fused-ring (bicyclic) bond motifs is 1. The highest BCUT2D eigenvalue weighted by Gasteiger charge is 2.23. The van der Waals surface area contributed by atoms with Gasteiger partial charge in [-0.2, -0.15) is 0 Å². The predicted octanol–water partition coefficient (Wildman–Crippen LogP) is 2.10. The fourth-order valence-corrected chi connectivity index (χ4v) is 3.18. The Morgan fingerprint density at radius 1 is 1.25 bits per heavy atom. The summed E-state index contributed by atoms with van der Waals surface area (Å²) in [6, 6.07) is 7.01. The highest BCUT2D eigenvalue weighted by molar-refractivity contribution is 5.94. The van der Waals surface area contributed by atoms with Crippen molar-refractivity contribution in [3.63, 3.8) is 0 Å². The van der Waals surface area contributed by atoms with Gasteiger partial charge in [-0.05, 0) is 57.1 Å². The third-order valence-corrected chi connectivity index (χ3v) is 4.45. The third-order valence-electron chi connectivity index (χ3n) is 4.45. The summed E-state index contributed by atoms with van der Waals surface area (Å²) < 4.78 is 0. The van der Waals surface area contributed by atoms with E-state index in [0.717, 1.165) is 37.4 Å². The fraction of sp³-hybridized carbons (Fsp3) is 0.562. The normalized spacial score (nSPS) is 20.0. The van der Waals surface area contributed by atoms with Crippen LogP contribution in [0.25, 0.3) is 0 Å². The van der Waals surface area contributed by atoms with E-state index >= 15 is 0 Å². The van der Waals surface area contributed by atoms with Gasteiger partial charge >= 0.3 is 0 Å². The van der Waals surface area contributed by atoms with Crippen molar-refractivity contribution in [1.29, 1.82) is 0 Å². The number of anilines is 2. The minimum Gasteiger partial charge on any atom is -0.382 e. The molecular formula is C16H23N3O. The molecule has 108 valence electrons. The Morgan fingerprint density at radius 3 is 2.70 bits per heavy atom. The lowest BCUT2D eigenvalue weighted by molar-refractivity contribution is -0.116. The summed E-state index contributed by atoms with van der Waals surface area (Å²) in [6.07, 6.45) is 3.34. The maximum atomic E-state index is 11.6. The largest absolute Gasteiger partial charge is 0.382 e. The lowest BCUT2D eigenvalue weighted by Gasteiger charge is -2.30. The highest BCUT2D eigenvalue weighted by Crippen LogP contribution is 2.31. The minimum atomic E-state index is 0.139. The fourth-order valence-electron chi connectivity index (χ4n) is 3.18. The lowest BCUT2D eigenvalue weighted by atomic mass is 10.0. The second-order valence-electron chi connectivity index (χ2n) is 5.99. The Balaban J connectivity index is 1.72. The maximum Gasteiger partial charge on any atom is 0.223 e. The molecule has 0 radical (unpaired) electrons. The summed E-state index contributed by atoms with van der Waals surface area (Å²) in [5.74, 6) is 0.139. The van der Waals surface area contributed by atoms with Crippen molar-refractivity contribution in [2.24, 2.45) is 0 Å². The molecule has 1 aromatic carbocycles. The Morgan fingerprint density at radius 2 is 2.00 bits per heavy atom. The highest BCUT2D eigenvalue weighted by atomic mass is 16.2. The number of likely N-dealkylation sites (tertiary alicyclic amines) is 1. The average Bonchev–Trinajstić information content (AvgIpc) is 2.84. The number of rotatable bonds is 2. The Labute approximate surface area is 120 Å². The number of hydrogen-bond acceptors (Lipinski definition) is 3. The molecule has 1 amide bonds. The zero-order valence-electron chi connectivity index (χ0n) is 12.4. The van der Waals surface area contributed by atoms with Crippen molar-refractivity contribution < 1.29 is 4.79 Å². The summed E-state index contributed by atoms with van der Waals surface area (Å²) in [7, 11) is 2.18. The van der Waals surface area contributed by atoms with Crippen LogP contribution >= 0.6 is 0 Å². The van der Waals surface area contributed by atoms with Crippen LogP contribution in [0, 0.1) is 0 Å². The van der Waals surface area contributed by atoms with Gasteiger partial charge in [0.05, 0.1) is 0 Å². The standard InChI is InChI=1S/C16H23N3O/c1-12(20)19-10-5-13-3-4-15(11-16(13)19)17-14-6-8-18(2)9-7-14/h3-4,11,14,17H,5-10H2,1-2H3. The van der Waals surface area contributed by atoms with E-state index in [0.29, 0.717) is 6.04 Å². The molecule has 20 heavy (non-hydrogen) atoms. The average molecular weight is 273 g/mol. The molecule has 0 saturated carbocycles. The zero-order valence-corrected chi connectivity index (χ0v) is 12.4. The van der Waals surface area contributed by atoms with Crippen LogP contribution in [0.3, 0.4) is 0 Å². The summed E-state index contributed by atoms with van der Waals surface area (Å²) in [4.78, 5) is 15.9. The molecule has 2 aliphatic heterocycles. The van der Waals surface area contributed by atoms with Crippen LogP contribution < -0.4 is 10.2 Å². The molecule has 1 N–H and O–H groups in total. The van der Waals surface area contributed by atoms with Gasteiger partial charge in [-0.15, -0.1) is 0 Å². The SMILES string of the molecule is CC(=O)N1CCc2ccc(NC3CCN(C)CC3)cc21. The van der Waals surface area contributed by atoms with Gasteiger partial charge in [0.25, 0.3) is 0 Å². The van der Waals surface area contributed by atoms with Gasteiger partial charge in [-0.3, -0.25) is 4.79 Å². The molecule has 0 bridgehead atoms. The molecule has 0 atom stereocenters. The van der Waals surface area contributed by atoms with Crippen LogP contribution in [0.4, 0.5) is 11.4 Å². The number of nitrogens with one attached hydrogen (secondary N) is 1. The van der Waals surface area contributed by atoms with Crippen molar-refractivity contribution in [2.75, 3.05) is 36.9 Å². The van der Waals surface area contributed by atoms with E-state index in [1.807, 2.05) is 4.90 Å². The van der Waals surface area contributed by atoms with E-state index in [4.69, 9.17) is 0 Å². The summed E-state index contributed by atoms with van der Waals surface area (Å²) in [5, 5.41) is 3.63. The second-order valence-corrected chi connectivity index (χ2v) is 5.99. The monoisotopic (exact) mass is 273 g/mol. The predicted molar refractivity (Wildman–Crippen MR) is 82.3 cm³/mol. The van der Waals surface area contributed by atoms with Crippen molar-refractivity contribution in [3.8, 4) is 0 Å². The molecule has 1 fully saturated rings. The number of carbonyl (C=O) groups excluding carboxylic acids is 1. The first-order valence-electron chi connectivity index (χ1n) is 7.49. The van der Waals surface area contributed by atoms with Crippen molar-refractivity contribution in [2.45, 2.75) is 32.2 Å². The van der Waals surface area contributed by atoms with Gasteiger partial charge < -0.3 is 15.1 Å². The second kappa shape index (κ2) is 5.44. The summed E-state index contributed by atoms with van der Waals surface area (Å²) in [6.45, 7) is 4.78. The topological polar surface area (TPSA) is 35.6 Å². The van der Waals surface area contributed by atoms with Crippen LogP contribution in [-0.4, -0.2) is 43.5 Å². The van der Waals surface area contributed by atoms with Crippen LogP contribution in [0.15, 0.2) is 18.2 Å². The van der Waals surface area contributed by atoms with Gasteiger partial charge in [0, 0.05) is 30.9 Å². The van der Waals surface area contributed by atoms with Gasteiger partial charge in [0.2, 0.25) is 5.91 Å². The molecule has 3 rings (SSSR count).